The lowest BCUT2D eigenvalue weighted by Crippen LogP contribution is -2.29. The number of thiophene rings is 1. The van der Waals surface area contributed by atoms with Gasteiger partial charge < -0.3 is 15.4 Å². The van der Waals surface area contributed by atoms with Gasteiger partial charge in [-0.1, -0.05) is 48.2 Å². The topological polar surface area (TPSA) is 155 Å². The minimum Gasteiger partial charge on any atom is -0.450 e. The summed E-state index contributed by atoms with van der Waals surface area (Å²) in [6.07, 6.45) is -1.06. The molecule has 0 amide bonds. The number of nitrogens with zero attached hydrogens (tertiary/aromatic N) is 3. The standard InChI is InChI=1S/C20H18N4O3S2.CH2O3/c1-20(14-5-3-2-4-6-14)12-18(20)22-29(26,27)19-10-9-17(28-19)13-7-8-15-16(11-13)24(25)23-21-15;2-1(3)4/h2-11,18,22,25H,12H2,1H3;(H2,2,3,4)/t18-,20+;/m0./s1. The SMILES string of the molecule is C[C@]1(c2ccccc2)C[C@@H]1NS(=O)(=O)c1ccc(-c2ccc3nnn(O)c3c2)s1.O=C(O)O. The minimum atomic E-state index is -3.61. The molecular weight excluding hydrogens is 468 g/mol. The van der Waals surface area contributed by atoms with Crippen LogP contribution in [0.15, 0.2) is 64.9 Å². The van der Waals surface area contributed by atoms with Crippen LogP contribution in [0, 0.1) is 0 Å². The van der Waals surface area contributed by atoms with Gasteiger partial charge in [0.1, 0.15) is 15.2 Å². The van der Waals surface area contributed by atoms with Gasteiger partial charge in [-0.3, -0.25) is 0 Å². The summed E-state index contributed by atoms with van der Waals surface area (Å²) in [5, 5.41) is 31.1. The fourth-order valence-electron chi connectivity index (χ4n) is 3.60. The summed E-state index contributed by atoms with van der Waals surface area (Å²) in [4.78, 5) is 10.1. The molecule has 2 aromatic heterocycles. The summed E-state index contributed by atoms with van der Waals surface area (Å²) < 4.78 is 28.9. The quantitative estimate of drug-likeness (QED) is 0.311. The number of carbonyl (C=O) groups is 1. The molecule has 4 N–H and O–H groups in total. The van der Waals surface area contributed by atoms with E-state index in [1.807, 2.05) is 36.4 Å². The van der Waals surface area contributed by atoms with Gasteiger partial charge in [0.25, 0.3) is 0 Å². The Hall–Kier alpha value is -3.48. The lowest BCUT2D eigenvalue weighted by molar-refractivity contribution is 0.137. The zero-order chi connectivity index (χ0) is 23.8. The largest absolute Gasteiger partial charge is 0.503 e. The van der Waals surface area contributed by atoms with Gasteiger partial charge in [-0.25, -0.2) is 17.9 Å². The molecule has 10 nitrogen and oxygen atoms in total. The second kappa shape index (κ2) is 8.46. The Morgan fingerprint density at radius 3 is 2.55 bits per heavy atom. The maximum Gasteiger partial charge on any atom is 0.503 e. The lowest BCUT2D eigenvalue weighted by Gasteiger charge is -2.12. The van der Waals surface area contributed by atoms with E-state index in [0.717, 1.165) is 22.4 Å². The second-order valence-corrected chi connectivity index (χ2v) is 10.8. The van der Waals surface area contributed by atoms with Gasteiger partial charge in [0, 0.05) is 16.3 Å². The van der Waals surface area contributed by atoms with E-state index in [1.54, 1.807) is 24.3 Å². The molecule has 2 aromatic carbocycles. The highest BCUT2D eigenvalue weighted by Crippen LogP contribution is 2.48. The number of carboxylic acid groups (broad SMARTS) is 2. The van der Waals surface area contributed by atoms with Gasteiger partial charge in [0.2, 0.25) is 10.0 Å². The molecule has 0 bridgehead atoms. The molecule has 2 atom stereocenters. The number of fused-ring (bicyclic) bond motifs is 1. The van der Waals surface area contributed by atoms with Crippen molar-refractivity contribution in [2.75, 3.05) is 0 Å². The first kappa shape index (κ1) is 22.7. The predicted octanol–water partition coefficient (Wildman–Crippen LogP) is 3.63. The summed E-state index contributed by atoms with van der Waals surface area (Å²) in [6.45, 7) is 2.08. The van der Waals surface area contributed by atoms with Crippen molar-refractivity contribution in [2.45, 2.75) is 29.0 Å². The van der Waals surface area contributed by atoms with E-state index in [9.17, 15) is 13.6 Å². The average Bonchev–Trinajstić information content (AvgIpc) is 3.13. The van der Waals surface area contributed by atoms with Crippen molar-refractivity contribution in [2.24, 2.45) is 0 Å². The molecule has 5 rings (SSSR count). The summed E-state index contributed by atoms with van der Waals surface area (Å²) in [5.41, 5.74) is 2.79. The van der Waals surface area contributed by atoms with Crippen molar-refractivity contribution in [1.82, 2.24) is 19.9 Å². The smallest absolute Gasteiger partial charge is 0.450 e. The van der Waals surface area contributed by atoms with Crippen LogP contribution in [-0.2, 0) is 15.4 Å². The van der Waals surface area contributed by atoms with E-state index in [1.165, 1.54) is 11.3 Å². The molecule has 33 heavy (non-hydrogen) atoms. The first-order chi connectivity index (χ1) is 15.6. The Labute approximate surface area is 192 Å². The molecule has 12 heteroatoms. The van der Waals surface area contributed by atoms with Gasteiger partial charge in [-0.15, -0.1) is 16.4 Å². The number of hydrogen-bond acceptors (Lipinski definition) is 7. The molecule has 0 aliphatic heterocycles. The lowest BCUT2D eigenvalue weighted by atomic mass is 9.98. The van der Waals surface area contributed by atoms with Crippen molar-refractivity contribution >= 4 is 38.5 Å². The molecule has 1 fully saturated rings. The first-order valence-electron chi connectivity index (χ1n) is 9.75. The third kappa shape index (κ3) is 4.67. The van der Waals surface area contributed by atoms with Crippen LogP contribution in [0.2, 0.25) is 0 Å². The monoisotopic (exact) mass is 488 g/mol. The van der Waals surface area contributed by atoms with Crippen LogP contribution in [0.1, 0.15) is 18.9 Å². The molecule has 0 saturated heterocycles. The van der Waals surface area contributed by atoms with Crippen LogP contribution in [0.25, 0.3) is 21.5 Å². The summed E-state index contributed by atoms with van der Waals surface area (Å²) in [7, 11) is -3.61. The Morgan fingerprint density at radius 1 is 1.15 bits per heavy atom. The Balaban J connectivity index is 0.000000601. The molecule has 2 heterocycles. The van der Waals surface area contributed by atoms with Crippen LogP contribution in [0.4, 0.5) is 4.79 Å². The number of sulfonamides is 1. The third-order valence-electron chi connectivity index (χ3n) is 5.53. The normalized spacial score (nSPS) is 19.6. The fraction of sp³-hybridized carbons (Fsp3) is 0.190. The molecular formula is C21H20N4O6S2. The van der Waals surface area contributed by atoms with Gasteiger partial charge in [-0.2, -0.15) is 0 Å². The van der Waals surface area contributed by atoms with E-state index in [4.69, 9.17) is 15.0 Å². The molecule has 172 valence electrons. The molecule has 1 aliphatic carbocycles. The highest BCUT2D eigenvalue weighted by Gasteiger charge is 2.53. The Bertz CT molecular complexity index is 1410. The molecule has 1 saturated carbocycles. The molecule has 0 radical (unpaired) electrons. The Kier molecular flexibility index (Phi) is 5.82. The Morgan fingerprint density at radius 2 is 1.85 bits per heavy atom. The summed E-state index contributed by atoms with van der Waals surface area (Å²) >= 11 is 1.19. The number of aromatic nitrogens is 3. The van der Waals surface area contributed by atoms with E-state index in [0.29, 0.717) is 15.9 Å². The number of rotatable bonds is 5. The maximum absolute atomic E-state index is 12.9. The molecule has 0 unspecified atom stereocenters. The van der Waals surface area contributed by atoms with Crippen molar-refractivity contribution in [3.63, 3.8) is 0 Å². The maximum atomic E-state index is 12.9. The van der Waals surface area contributed by atoms with Gasteiger partial charge in [-0.05, 0) is 47.0 Å². The zero-order valence-electron chi connectivity index (χ0n) is 17.3. The van der Waals surface area contributed by atoms with Crippen molar-refractivity contribution < 1.29 is 28.6 Å². The summed E-state index contributed by atoms with van der Waals surface area (Å²) in [6, 6.07) is 18.6. The third-order valence-corrected chi connectivity index (χ3v) is 8.62. The summed E-state index contributed by atoms with van der Waals surface area (Å²) in [5.74, 6) is 0. The number of benzene rings is 2. The molecule has 0 spiro atoms. The highest BCUT2D eigenvalue weighted by molar-refractivity contribution is 7.91. The number of hydrogen-bond donors (Lipinski definition) is 4. The van der Waals surface area contributed by atoms with Crippen molar-refractivity contribution in [1.29, 1.82) is 0 Å². The zero-order valence-corrected chi connectivity index (χ0v) is 18.9. The van der Waals surface area contributed by atoms with E-state index < -0.39 is 16.2 Å². The van der Waals surface area contributed by atoms with Crippen molar-refractivity contribution in [3.05, 3.63) is 66.2 Å². The average molecular weight is 489 g/mol. The number of nitrogens with one attached hydrogen (secondary N) is 1. The van der Waals surface area contributed by atoms with E-state index in [2.05, 4.69) is 22.0 Å². The van der Waals surface area contributed by atoms with Crippen LogP contribution >= 0.6 is 11.3 Å². The van der Waals surface area contributed by atoms with Crippen molar-refractivity contribution in [3.8, 4) is 10.4 Å². The van der Waals surface area contributed by atoms with Crippen LogP contribution in [-0.4, -0.2) is 51.2 Å². The predicted molar refractivity (Wildman–Crippen MR) is 121 cm³/mol. The van der Waals surface area contributed by atoms with Gasteiger partial charge in [0.15, 0.2) is 0 Å². The van der Waals surface area contributed by atoms with Crippen LogP contribution in [0.3, 0.4) is 0 Å². The van der Waals surface area contributed by atoms with E-state index in [-0.39, 0.29) is 15.7 Å². The molecule has 1 aliphatic rings. The van der Waals surface area contributed by atoms with E-state index >= 15 is 0 Å². The minimum absolute atomic E-state index is 0.119. The van der Waals surface area contributed by atoms with Gasteiger partial charge >= 0.3 is 6.16 Å². The van der Waals surface area contributed by atoms with Crippen LogP contribution in [0.5, 0.6) is 0 Å². The fourth-order valence-corrected chi connectivity index (χ4v) is 6.27. The highest BCUT2D eigenvalue weighted by atomic mass is 32.2. The first-order valence-corrected chi connectivity index (χ1v) is 12.0. The van der Waals surface area contributed by atoms with Crippen LogP contribution < -0.4 is 4.72 Å². The van der Waals surface area contributed by atoms with Gasteiger partial charge in [0.05, 0.1) is 0 Å². The second-order valence-electron chi connectivity index (χ2n) is 7.75. The molecule has 4 aromatic rings.